The molecule has 8 heteroatoms. The van der Waals surface area contributed by atoms with Gasteiger partial charge in [-0.15, -0.1) is 0 Å². The molecule has 1 aliphatic rings. The van der Waals surface area contributed by atoms with Crippen molar-refractivity contribution in [3.05, 3.63) is 69.7 Å². The van der Waals surface area contributed by atoms with Gasteiger partial charge in [-0.1, -0.05) is 61.3 Å². The van der Waals surface area contributed by atoms with Crippen LogP contribution < -0.4 is 0 Å². The summed E-state index contributed by atoms with van der Waals surface area (Å²) in [7, 11) is 1.30. The molecule has 0 aliphatic carbocycles. The van der Waals surface area contributed by atoms with E-state index in [0.717, 1.165) is 11.1 Å². The third kappa shape index (κ3) is 5.41. The standard InChI is InChI=1S/C26H31Cl2NO5/c1-4-21(22(31)15-30)29-24(16-8-10-18(27)11-9-16)20(17-6-5-7-19(28)12-17)13-26(2,25(29)33)14-23(32)34-3/h5-12,20-22,24,30-31H,4,13-15H2,1-3H3/t20-,21+,22?,24-,26+/m1/s1. The molecule has 5 atom stereocenters. The number of amides is 1. The Bertz CT molecular complexity index is 1010. The maximum atomic E-state index is 14.1. The topological polar surface area (TPSA) is 87.1 Å². The van der Waals surface area contributed by atoms with Crippen LogP contribution in [-0.4, -0.2) is 52.9 Å². The molecule has 0 bridgehead atoms. The lowest BCUT2D eigenvalue weighted by atomic mass is 9.66. The number of ether oxygens (including phenoxy) is 1. The van der Waals surface area contributed by atoms with Crippen LogP contribution in [0.1, 0.15) is 56.2 Å². The predicted octanol–water partition coefficient (Wildman–Crippen LogP) is 4.75. The smallest absolute Gasteiger partial charge is 0.306 e. The summed E-state index contributed by atoms with van der Waals surface area (Å²) in [5, 5.41) is 21.6. The summed E-state index contributed by atoms with van der Waals surface area (Å²) in [5.74, 6) is -0.996. The largest absolute Gasteiger partial charge is 0.469 e. The van der Waals surface area contributed by atoms with Gasteiger partial charge < -0.3 is 19.8 Å². The highest BCUT2D eigenvalue weighted by Crippen LogP contribution is 2.52. The predicted molar refractivity (Wildman–Crippen MR) is 132 cm³/mol. The Morgan fingerprint density at radius 2 is 1.85 bits per heavy atom. The molecule has 2 aromatic carbocycles. The number of nitrogens with zero attached hydrogens (tertiary/aromatic N) is 1. The van der Waals surface area contributed by atoms with Gasteiger partial charge in [0.25, 0.3) is 0 Å². The van der Waals surface area contributed by atoms with Crippen molar-refractivity contribution in [2.75, 3.05) is 13.7 Å². The molecule has 2 N–H and O–H groups in total. The number of methoxy groups -OCH3 is 1. The van der Waals surface area contributed by atoms with Crippen molar-refractivity contribution < 1.29 is 24.5 Å². The van der Waals surface area contributed by atoms with E-state index in [-0.39, 0.29) is 18.2 Å². The van der Waals surface area contributed by atoms with Crippen LogP contribution in [0.4, 0.5) is 0 Å². The van der Waals surface area contributed by atoms with E-state index in [9.17, 15) is 19.8 Å². The first kappa shape index (κ1) is 26.5. The van der Waals surface area contributed by atoms with Crippen molar-refractivity contribution in [1.82, 2.24) is 4.90 Å². The molecule has 0 aromatic heterocycles. The van der Waals surface area contributed by atoms with E-state index < -0.39 is 36.2 Å². The van der Waals surface area contributed by atoms with Crippen LogP contribution >= 0.6 is 23.2 Å². The number of esters is 1. The minimum atomic E-state index is -1.15. The first-order valence-electron chi connectivity index (χ1n) is 11.3. The number of halogens is 2. The number of rotatable bonds is 8. The van der Waals surface area contributed by atoms with Gasteiger partial charge in [-0.25, -0.2) is 0 Å². The Morgan fingerprint density at radius 3 is 2.41 bits per heavy atom. The van der Waals surface area contributed by atoms with Crippen LogP contribution in [0.2, 0.25) is 10.0 Å². The Labute approximate surface area is 210 Å². The van der Waals surface area contributed by atoms with Crippen LogP contribution in [0.3, 0.4) is 0 Å². The number of aliphatic hydroxyl groups excluding tert-OH is 2. The van der Waals surface area contributed by atoms with Crippen LogP contribution in [0.5, 0.6) is 0 Å². The average Bonchev–Trinajstić information content (AvgIpc) is 2.82. The van der Waals surface area contributed by atoms with E-state index in [1.54, 1.807) is 30.0 Å². The van der Waals surface area contributed by atoms with Crippen LogP contribution in [0.15, 0.2) is 48.5 Å². The summed E-state index contributed by atoms with van der Waals surface area (Å²) in [6.07, 6.45) is -0.469. The molecule has 0 saturated carbocycles. The second kappa shape index (κ2) is 11.1. The summed E-state index contributed by atoms with van der Waals surface area (Å²) in [6, 6.07) is 13.6. The number of piperidine rings is 1. The monoisotopic (exact) mass is 507 g/mol. The molecular weight excluding hydrogens is 477 g/mol. The lowest BCUT2D eigenvalue weighted by Crippen LogP contribution is -2.59. The van der Waals surface area contributed by atoms with Crippen LogP contribution in [0.25, 0.3) is 0 Å². The van der Waals surface area contributed by atoms with Crippen molar-refractivity contribution in [2.45, 2.75) is 57.2 Å². The molecule has 184 valence electrons. The number of hydrogen-bond acceptors (Lipinski definition) is 5. The summed E-state index contributed by atoms with van der Waals surface area (Å²) in [5.41, 5.74) is 0.673. The third-order valence-corrected chi connectivity index (χ3v) is 7.25. The second-order valence-electron chi connectivity index (χ2n) is 9.11. The summed E-state index contributed by atoms with van der Waals surface area (Å²) < 4.78 is 4.91. The van der Waals surface area contributed by atoms with E-state index in [4.69, 9.17) is 27.9 Å². The Hall–Kier alpha value is -2.12. The van der Waals surface area contributed by atoms with Crippen molar-refractivity contribution >= 4 is 35.1 Å². The van der Waals surface area contributed by atoms with Gasteiger partial charge in [0.15, 0.2) is 0 Å². The first-order chi connectivity index (χ1) is 16.1. The zero-order valence-electron chi connectivity index (χ0n) is 19.6. The van der Waals surface area contributed by atoms with Gasteiger partial charge in [0.2, 0.25) is 5.91 Å². The maximum Gasteiger partial charge on any atom is 0.306 e. The van der Waals surface area contributed by atoms with Gasteiger partial charge in [-0.3, -0.25) is 9.59 Å². The molecule has 2 aromatic rings. The first-order valence-corrected chi connectivity index (χ1v) is 12.1. The SMILES string of the molecule is CC[C@@H](C(O)CO)N1C(=O)[C@](C)(CC(=O)OC)C[C@H](c2cccc(Cl)c2)[C@H]1c1ccc(Cl)cc1. The maximum absolute atomic E-state index is 14.1. The molecule has 34 heavy (non-hydrogen) atoms. The zero-order chi connectivity index (χ0) is 25.0. The van der Waals surface area contributed by atoms with E-state index in [0.29, 0.717) is 22.9 Å². The van der Waals surface area contributed by atoms with Crippen LogP contribution in [0, 0.1) is 5.41 Å². The molecule has 1 aliphatic heterocycles. The third-order valence-electron chi connectivity index (χ3n) is 6.76. The number of aliphatic hydroxyl groups is 2. The number of benzene rings is 2. The van der Waals surface area contributed by atoms with E-state index in [2.05, 4.69) is 0 Å². The average molecular weight is 508 g/mol. The summed E-state index contributed by atoms with van der Waals surface area (Å²) in [6.45, 7) is 3.12. The van der Waals surface area contributed by atoms with E-state index >= 15 is 0 Å². The fourth-order valence-electron chi connectivity index (χ4n) is 5.08. The Morgan fingerprint density at radius 1 is 1.18 bits per heavy atom. The molecule has 1 amide bonds. The molecule has 3 rings (SSSR count). The van der Waals surface area contributed by atoms with Gasteiger partial charge in [0, 0.05) is 16.0 Å². The normalized spacial score (nSPS) is 24.6. The van der Waals surface area contributed by atoms with Crippen molar-refractivity contribution in [2.24, 2.45) is 5.41 Å². The summed E-state index contributed by atoms with van der Waals surface area (Å²) >= 11 is 12.5. The lowest BCUT2D eigenvalue weighted by Gasteiger charge is -2.52. The van der Waals surface area contributed by atoms with Crippen molar-refractivity contribution in [1.29, 1.82) is 0 Å². The molecule has 6 nitrogen and oxygen atoms in total. The number of carbonyl (C=O) groups is 2. The summed E-state index contributed by atoms with van der Waals surface area (Å²) in [4.78, 5) is 28.1. The molecule has 0 spiro atoms. The molecule has 1 heterocycles. The fourth-order valence-corrected chi connectivity index (χ4v) is 5.40. The quantitative estimate of drug-likeness (QED) is 0.503. The number of hydrogen-bond donors (Lipinski definition) is 2. The minimum Gasteiger partial charge on any atom is -0.469 e. The van der Waals surface area contributed by atoms with Gasteiger partial charge in [0.05, 0.1) is 43.7 Å². The lowest BCUT2D eigenvalue weighted by molar-refractivity contribution is -0.165. The molecule has 1 saturated heterocycles. The zero-order valence-corrected chi connectivity index (χ0v) is 21.1. The molecule has 1 fully saturated rings. The number of carbonyl (C=O) groups excluding carboxylic acids is 2. The molecular formula is C26H31Cl2NO5. The highest BCUT2D eigenvalue weighted by atomic mass is 35.5. The minimum absolute atomic E-state index is 0.102. The second-order valence-corrected chi connectivity index (χ2v) is 9.99. The molecule has 1 unspecified atom stereocenters. The van der Waals surface area contributed by atoms with Crippen molar-refractivity contribution in [3.8, 4) is 0 Å². The van der Waals surface area contributed by atoms with Gasteiger partial charge in [-0.05, 0) is 48.2 Å². The van der Waals surface area contributed by atoms with Gasteiger partial charge >= 0.3 is 5.97 Å². The Kier molecular flexibility index (Phi) is 8.63. The van der Waals surface area contributed by atoms with Gasteiger partial charge in [0.1, 0.15) is 0 Å². The molecule has 0 radical (unpaired) electrons. The Balaban J connectivity index is 2.25. The van der Waals surface area contributed by atoms with Crippen molar-refractivity contribution in [3.63, 3.8) is 0 Å². The highest BCUT2D eigenvalue weighted by Gasteiger charge is 2.53. The highest BCUT2D eigenvalue weighted by molar-refractivity contribution is 6.30. The van der Waals surface area contributed by atoms with Crippen LogP contribution in [-0.2, 0) is 14.3 Å². The fraction of sp³-hybridized carbons (Fsp3) is 0.462. The van der Waals surface area contributed by atoms with E-state index in [1.165, 1.54) is 7.11 Å². The van der Waals surface area contributed by atoms with E-state index in [1.807, 2.05) is 37.3 Å². The number of likely N-dealkylation sites (tertiary alicyclic amines) is 1. The van der Waals surface area contributed by atoms with Gasteiger partial charge in [-0.2, -0.15) is 0 Å².